The van der Waals surface area contributed by atoms with Gasteiger partial charge in [-0.3, -0.25) is 0 Å². The van der Waals surface area contributed by atoms with Gasteiger partial charge in [-0.2, -0.15) is 4.98 Å². The molecule has 1 saturated carbocycles. The van der Waals surface area contributed by atoms with E-state index in [1.54, 1.807) is 0 Å². The summed E-state index contributed by atoms with van der Waals surface area (Å²) in [5.41, 5.74) is 5.80. The molecule has 2 fully saturated rings. The van der Waals surface area contributed by atoms with E-state index in [1.807, 2.05) is 6.92 Å². The molecule has 0 amide bonds. The Morgan fingerprint density at radius 3 is 2.83 bits per heavy atom. The first-order valence-electron chi connectivity index (χ1n) is 6.90. The van der Waals surface area contributed by atoms with Crippen molar-refractivity contribution in [3.8, 4) is 0 Å². The molecule has 2 N–H and O–H groups in total. The van der Waals surface area contributed by atoms with E-state index < -0.39 is 5.54 Å². The highest BCUT2D eigenvalue weighted by Gasteiger charge is 2.43. The minimum atomic E-state index is -0.460. The smallest absolute Gasteiger partial charge is 0.246 e. The van der Waals surface area contributed by atoms with Crippen LogP contribution in [-0.2, 0) is 16.7 Å². The number of ether oxygens (including phenoxy) is 1. The average Bonchev–Trinajstić information content (AvgIpc) is 3.12. The van der Waals surface area contributed by atoms with Gasteiger partial charge in [0, 0.05) is 13.0 Å². The second-order valence-corrected chi connectivity index (χ2v) is 5.77. The number of nitrogens with two attached hydrogens (primary N) is 1. The van der Waals surface area contributed by atoms with Crippen LogP contribution < -0.4 is 5.73 Å². The molecule has 1 aromatic rings. The summed E-state index contributed by atoms with van der Waals surface area (Å²) in [6.07, 6.45) is 6.79. The molecular weight excluding hydrogens is 230 g/mol. The molecule has 1 aromatic heterocycles. The van der Waals surface area contributed by atoms with E-state index in [2.05, 4.69) is 10.1 Å². The van der Waals surface area contributed by atoms with Crippen LogP contribution in [0.5, 0.6) is 0 Å². The van der Waals surface area contributed by atoms with Gasteiger partial charge in [0.05, 0.1) is 11.6 Å². The molecular formula is C13H21N3O2. The zero-order valence-corrected chi connectivity index (χ0v) is 10.9. The molecule has 3 rings (SSSR count). The van der Waals surface area contributed by atoms with E-state index >= 15 is 0 Å². The Morgan fingerprint density at radius 2 is 2.17 bits per heavy atom. The molecule has 1 aliphatic heterocycles. The lowest BCUT2D eigenvalue weighted by molar-refractivity contribution is 0.0153. The summed E-state index contributed by atoms with van der Waals surface area (Å²) in [4.78, 5) is 4.45. The van der Waals surface area contributed by atoms with Crippen LogP contribution in [0.4, 0.5) is 0 Å². The van der Waals surface area contributed by atoms with E-state index in [9.17, 15) is 0 Å². The molecule has 1 aliphatic carbocycles. The molecule has 0 aromatic carbocycles. The number of hydrogen-bond donors (Lipinski definition) is 1. The van der Waals surface area contributed by atoms with Crippen LogP contribution in [-0.4, -0.2) is 22.9 Å². The number of rotatable bonds is 4. The molecule has 2 heterocycles. The summed E-state index contributed by atoms with van der Waals surface area (Å²) >= 11 is 0. The fraction of sp³-hybridized carbons (Fsp3) is 0.846. The van der Waals surface area contributed by atoms with Crippen molar-refractivity contribution in [2.45, 2.75) is 57.1 Å². The molecule has 2 aliphatic rings. The van der Waals surface area contributed by atoms with Gasteiger partial charge in [0.2, 0.25) is 5.89 Å². The summed E-state index contributed by atoms with van der Waals surface area (Å²) in [5.74, 6) is 1.81. The lowest BCUT2D eigenvalue weighted by atomic mass is 9.97. The first-order chi connectivity index (χ1) is 8.66. The molecule has 18 heavy (non-hydrogen) atoms. The predicted octanol–water partition coefficient (Wildman–Crippen LogP) is 1.77. The van der Waals surface area contributed by atoms with Crippen LogP contribution in [0, 0.1) is 5.92 Å². The zero-order valence-electron chi connectivity index (χ0n) is 10.9. The molecule has 100 valence electrons. The number of nitrogens with zero attached hydrogens (tertiary/aromatic N) is 2. The van der Waals surface area contributed by atoms with Crippen molar-refractivity contribution in [2.75, 3.05) is 6.61 Å². The van der Waals surface area contributed by atoms with Gasteiger partial charge in [-0.1, -0.05) is 5.16 Å². The summed E-state index contributed by atoms with van der Waals surface area (Å²) in [5, 5.41) is 4.04. The third-order valence-electron chi connectivity index (χ3n) is 4.04. The Bertz CT molecular complexity index is 406. The highest BCUT2D eigenvalue weighted by atomic mass is 16.5. The van der Waals surface area contributed by atoms with Crippen molar-refractivity contribution in [1.29, 1.82) is 0 Å². The number of hydrogen-bond acceptors (Lipinski definition) is 5. The van der Waals surface area contributed by atoms with Crippen LogP contribution in [0.15, 0.2) is 4.52 Å². The number of aromatic nitrogens is 2. The highest BCUT2D eigenvalue weighted by Crippen LogP contribution is 2.43. The Kier molecular flexibility index (Phi) is 3.11. The minimum Gasteiger partial charge on any atom is -0.378 e. The van der Waals surface area contributed by atoms with Gasteiger partial charge in [0.25, 0.3) is 0 Å². The highest BCUT2D eigenvalue weighted by molar-refractivity contribution is 5.07. The van der Waals surface area contributed by atoms with Crippen molar-refractivity contribution in [3.63, 3.8) is 0 Å². The van der Waals surface area contributed by atoms with Crippen molar-refractivity contribution in [1.82, 2.24) is 10.1 Å². The quantitative estimate of drug-likeness (QED) is 0.882. The molecule has 5 heteroatoms. The van der Waals surface area contributed by atoms with Crippen LogP contribution in [0.2, 0.25) is 0 Å². The fourth-order valence-corrected chi connectivity index (χ4v) is 2.59. The van der Waals surface area contributed by atoms with Crippen LogP contribution in [0.3, 0.4) is 0 Å². The summed E-state index contributed by atoms with van der Waals surface area (Å²) in [6.45, 7) is 2.84. The molecule has 2 unspecified atom stereocenters. The van der Waals surface area contributed by atoms with Crippen LogP contribution >= 0.6 is 0 Å². The Labute approximate surface area is 107 Å². The first-order valence-corrected chi connectivity index (χ1v) is 6.90. The Balaban J connectivity index is 1.65. The topological polar surface area (TPSA) is 74.2 Å². The summed E-state index contributed by atoms with van der Waals surface area (Å²) in [6, 6.07) is 0. The normalized spacial score (nSPS) is 28.0. The van der Waals surface area contributed by atoms with E-state index in [-0.39, 0.29) is 6.10 Å². The van der Waals surface area contributed by atoms with E-state index in [1.165, 1.54) is 6.42 Å². The minimum absolute atomic E-state index is 0.245. The molecule has 1 saturated heterocycles. The molecule has 0 bridgehead atoms. The largest absolute Gasteiger partial charge is 0.378 e. The monoisotopic (exact) mass is 251 g/mol. The van der Waals surface area contributed by atoms with Crippen molar-refractivity contribution >= 4 is 0 Å². The Morgan fingerprint density at radius 1 is 1.33 bits per heavy atom. The predicted molar refractivity (Wildman–Crippen MR) is 65.9 cm³/mol. The van der Waals surface area contributed by atoms with Crippen molar-refractivity contribution < 1.29 is 9.26 Å². The maximum absolute atomic E-state index is 6.26. The maximum atomic E-state index is 6.26. The fourth-order valence-electron chi connectivity index (χ4n) is 2.59. The Hall–Kier alpha value is -0.940. The average molecular weight is 251 g/mol. The third-order valence-corrected chi connectivity index (χ3v) is 4.04. The zero-order chi connectivity index (χ0) is 12.6. The van der Waals surface area contributed by atoms with Gasteiger partial charge < -0.3 is 15.0 Å². The first kappa shape index (κ1) is 12.1. The van der Waals surface area contributed by atoms with Crippen molar-refractivity contribution in [2.24, 2.45) is 11.7 Å². The van der Waals surface area contributed by atoms with Gasteiger partial charge in [0.1, 0.15) is 0 Å². The third kappa shape index (κ3) is 2.42. The standard InChI is InChI=1S/C13H21N3O2/c1-13(14,9-5-6-9)12-15-11(16-18-12)8-10-4-2-3-7-17-10/h9-10H,2-8,14H2,1H3. The van der Waals surface area contributed by atoms with E-state index in [0.717, 1.165) is 44.5 Å². The van der Waals surface area contributed by atoms with Gasteiger partial charge in [-0.05, 0) is 44.9 Å². The molecule has 2 atom stereocenters. The molecule has 5 nitrogen and oxygen atoms in total. The van der Waals surface area contributed by atoms with Crippen LogP contribution in [0.1, 0.15) is 50.7 Å². The lowest BCUT2D eigenvalue weighted by Gasteiger charge is -2.21. The second kappa shape index (κ2) is 4.63. The van der Waals surface area contributed by atoms with E-state index in [0.29, 0.717) is 11.8 Å². The maximum Gasteiger partial charge on any atom is 0.246 e. The van der Waals surface area contributed by atoms with Crippen molar-refractivity contribution in [3.05, 3.63) is 11.7 Å². The lowest BCUT2D eigenvalue weighted by Crippen LogP contribution is -2.35. The van der Waals surface area contributed by atoms with Gasteiger partial charge in [0.15, 0.2) is 5.82 Å². The second-order valence-electron chi connectivity index (χ2n) is 5.77. The molecule has 0 spiro atoms. The van der Waals surface area contributed by atoms with Gasteiger partial charge in [-0.25, -0.2) is 0 Å². The SMILES string of the molecule is CC(N)(c1nc(CC2CCCCO2)no1)C1CC1. The summed E-state index contributed by atoms with van der Waals surface area (Å²) < 4.78 is 11.0. The van der Waals surface area contributed by atoms with Gasteiger partial charge in [-0.15, -0.1) is 0 Å². The van der Waals surface area contributed by atoms with Gasteiger partial charge >= 0.3 is 0 Å². The van der Waals surface area contributed by atoms with Crippen LogP contribution in [0.25, 0.3) is 0 Å². The van der Waals surface area contributed by atoms with E-state index in [4.69, 9.17) is 15.0 Å². The summed E-state index contributed by atoms with van der Waals surface area (Å²) in [7, 11) is 0. The molecule has 0 radical (unpaired) electrons.